The fraction of sp³-hybridized carbons (Fsp3) is 0.714. The van der Waals surface area contributed by atoms with E-state index in [0.29, 0.717) is 5.69 Å². The first-order valence-electron chi connectivity index (χ1n) is 7.21. The summed E-state index contributed by atoms with van der Waals surface area (Å²) in [4.78, 5) is 16.3. The lowest BCUT2D eigenvalue weighted by Gasteiger charge is -2.30. The van der Waals surface area contributed by atoms with Crippen LogP contribution in [-0.4, -0.2) is 52.2 Å². The lowest BCUT2D eigenvalue weighted by Crippen LogP contribution is -2.42. The second-order valence-corrected chi connectivity index (χ2v) is 5.03. The summed E-state index contributed by atoms with van der Waals surface area (Å²) in [7, 11) is 2.10. The Morgan fingerprint density at radius 2 is 1.84 bits per heavy atom. The number of carbonyl (C=O) groups is 1. The molecule has 3 heterocycles. The smallest absolute Gasteiger partial charge is 0.274 e. The van der Waals surface area contributed by atoms with Gasteiger partial charge in [0.15, 0.2) is 5.69 Å². The molecule has 0 N–H and O–H groups in total. The standard InChI is InChI=1S/C12H18N4O.C2H6/c1-9-10-8-14(2)6-7-16(10)13-11(9)12(17)15-4-3-5-15;1-2/h3-8H2,1-2H3;1-2H3. The predicted molar refractivity (Wildman–Crippen MR) is 75.2 cm³/mol. The van der Waals surface area contributed by atoms with Crippen LogP contribution in [0.25, 0.3) is 0 Å². The topological polar surface area (TPSA) is 41.4 Å². The number of amides is 1. The molecule has 5 nitrogen and oxygen atoms in total. The third-order valence-corrected chi connectivity index (χ3v) is 3.78. The second kappa shape index (κ2) is 5.74. The number of rotatable bonds is 1. The number of fused-ring (bicyclic) bond motifs is 1. The Labute approximate surface area is 115 Å². The molecule has 0 bridgehead atoms. The Bertz CT molecular complexity index is 462. The van der Waals surface area contributed by atoms with Crippen molar-refractivity contribution < 1.29 is 4.79 Å². The van der Waals surface area contributed by atoms with Crippen LogP contribution in [0.2, 0.25) is 0 Å². The summed E-state index contributed by atoms with van der Waals surface area (Å²) < 4.78 is 2.00. The third kappa shape index (κ3) is 2.52. The summed E-state index contributed by atoms with van der Waals surface area (Å²) in [6.45, 7) is 10.6. The van der Waals surface area contributed by atoms with Crippen molar-refractivity contribution in [1.29, 1.82) is 0 Å². The van der Waals surface area contributed by atoms with Crippen LogP contribution in [0.15, 0.2) is 0 Å². The van der Waals surface area contributed by atoms with Crippen LogP contribution in [0.5, 0.6) is 0 Å². The van der Waals surface area contributed by atoms with E-state index in [-0.39, 0.29) is 5.91 Å². The Morgan fingerprint density at radius 1 is 1.16 bits per heavy atom. The molecule has 0 aromatic carbocycles. The first-order chi connectivity index (χ1) is 9.16. The molecular weight excluding hydrogens is 240 g/mol. The minimum absolute atomic E-state index is 0.110. The average molecular weight is 264 g/mol. The largest absolute Gasteiger partial charge is 0.337 e. The van der Waals surface area contributed by atoms with Crippen molar-refractivity contribution in [2.75, 3.05) is 26.7 Å². The van der Waals surface area contributed by atoms with Crippen molar-refractivity contribution >= 4 is 5.91 Å². The number of carbonyl (C=O) groups excluding carboxylic acids is 1. The van der Waals surface area contributed by atoms with Gasteiger partial charge >= 0.3 is 0 Å². The summed E-state index contributed by atoms with van der Waals surface area (Å²) >= 11 is 0. The normalized spacial score (nSPS) is 18.2. The van der Waals surface area contributed by atoms with Gasteiger partial charge in [-0.2, -0.15) is 5.10 Å². The number of nitrogens with zero attached hydrogens (tertiary/aromatic N) is 4. The van der Waals surface area contributed by atoms with Gasteiger partial charge in [-0.05, 0) is 20.4 Å². The molecule has 2 aliphatic rings. The summed E-state index contributed by atoms with van der Waals surface area (Å²) in [5.74, 6) is 0.110. The minimum atomic E-state index is 0.110. The van der Waals surface area contributed by atoms with Crippen molar-refractivity contribution in [3.63, 3.8) is 0 Å². The molecule has 0 radical (unpaired) electrons. The fourth-order valence-corrected chi connectivity index (χ4v) is 2.44. The van der Waals surface area contributed by atoms with E-state index < -0.39 is 0 Å². The van der Waals surface area contributed by atoms with E-state index in [1.54, 1.807) is 0 Å². The molecule has 3 rings (SSSR count). The number of hydrogen-bond acceptors (Lipinski definition) is 3. The summed E-state index contributed by atoms with van der Waals surface area (Å²) in [5.41, 5.74) is 2.92. The van der Waals surface area contributed by atoms with E-state index in [9.17, 15) is 4.79 Å². The highest BCUT2D eigenvalue weighted by atomic mass is 16.2. The van der Waals surface area contributed by atoms with Crippen LogP contribution >= 0.6 is 0 Å². The summed E-state index contributed by atoms with van der Waals surface area (Å²) in [6.07, 6.45) is 1.13. The maximum absolute atomic E-state index is 12.2. The Hall–Kier alpha value is -1.36. The van der Waals surface area contributed by atoms with Gasteiger partial charge in [0.1, 0.15) is 0 Å². The van der Waals surface area contributed by atoms with Crippen molar-refractivity contribution in [3.8, 4) is 0 Å². The molecule has 0 atom stereocenters. The molecule has 0 saturated carbocycles. The molecule has 1 aromatic rings. The monoisotopic (exact) mass is 264 g/mol. The van der Waals surface area contributed by atoms with E-state index in [1.807, 2.05) is 30.4 Å². The van der Waals surface area contributed by atoms with Gasteiger partial charge in [-0.15, -0.1) is 0 Å². The van der Waals surface area contributed by atoms with E-state index in [4.69, 9.17) is 0 Å². The van der Waals surface area contributed by atoms with E-state index >= 15 is 0 Å². The first kappa shape index (κ1) is 14.1. The van der Waals surface area contributed by atoms with Gasteiger partial charge in [-0.25, -0.2) is 0 Å². The summed E-state index contributed by atoms with van der Waals surface area (Å²) in [6, 6.07) is 0. The second-order valence-electron chi connectivity index (χ2n) is 5.03. The highest BCUT2D eigenvalue weighted by molar-refractivity contribution is 5.94. The van der Waals surface area contributed by atoms with Crippen LogP contribution in [0.4, 0.5) is 0 Å². The van der Waals surface area contributed by atoms with Crippen LogP contribution in [0, 0.1) is 6.92 Å². The van der Waals surface area contributed by atoms with Crippen LogP contribution in [0.1, 0.15) is 42.0 Å². The highest BCUT2D eigenvalue weighted by Gasteiger charge is 2.28. The predicted octanol–water partition coefficient (Wildman–Crippen LogP) is 1.51. The Balaban J connectivity index is 0.000000637. The quantitative estimate of drug-likeness (QED) is 0.772. The molecule has 0 aliphatic carbocycles. The molecule has 1 amide bonds. The van der Waals surface area contributed by atoms with E-state index in [1.165, 1.54) is 5.69 Å². The maximum Gasteiger partial charge on any atom is 0.274 e. The zero-order chi connectivity index (χ0) is 14.0. The number of hydrogen-bond donors (Lipinski definition) is 0. The molecular formula is C14H24N4O. The lowest BCUT2D eigenvalue weighted by molar-refractivity contribution is 0.0644. The van der Waals surface area contributed by atoms with E-state index in [0.717, 1.165) is 44.7 Å². The zero-order valence-corrected chi connectivity index (χ0v) is 12.4. The van der Waals surface area contributed by atoms with Gasteiger partial charge in [0.25, 0.3) is 5.91 Å². The molecule has 2 aliphatic heterocycles. The summed E-state index contributed by atoms with van der Waals surface area (Å²) in [5, 5.41) is 4.49. The van der Waals surface area contributed by atoms with Gasteiger partial charge in [0, 0.05) is 31.7 Å². The molecule has 1 fully saturated rings. The van der Waals surface area contributed by atoms with Gasteiger partial charge in [-0.1, -0.05) is 13.8 Å². The molecule has 5 heteroatoms. The molecule has 106 valence electrons. The molecule has 0 unspecified atom stereocenters. The van der Waals surface area contributed by atoms with Crippen molar-refractivity contribution in [3.05, 3.63) is 17.0 Å². The Kier molecular flexibility index (Phi) is 4.24. The minimum Gasteiger partial charge on any atom is -0.337 e. The maximum atomic E-state index is 12.2. The highest BCUT2D eigenvalue weighted by Crippen LogP contribution is 2.21. The zero-order valence-electron chi connectivity index (χ0n) is 12.4. The van der Waals surface area contributed by atoms with Crippen molar-refractivity contribution in [2.45, 2.75) is 40.3 Å². The third-order valence-electron chi connectivity index (χ3n) is 3.78. The molecule has 0 spiro atoms. The van der Waals surface area contributed by atoms with Crippen LogP contribution in [0.3, 0.4) is 0 Å². The van der Waals surface area contributed by atoms with Crippen LogP contribution < -0.4 is 0 Å². The van der Waals surface area contributed by atoms with Gasteiger partial charge in [0.05, 0.1) is 12.2 Å². The van der Waals surface area contributed by atoms with Crippen molar-refractivity contribution in [1.82, 2.24) is 19.6 Å². The van der Waals surface area contributed by atoms with Crippen molar-refractivity contribution in [2.24, 2.45) is 0 Å². The lowest BCUT2D eigenvalue weighted by atomic mass is 10.1. The Morgan fingerprint density at radius 3 is 2.42 bits per heavy atom. The SMILES string of the molecule is CC.Cc1c(C(=O)N2CCC2)nn2c1CN(C)CC2. The first-order valence-corrected chi connectivity index (χ1v) is 7.21. The number of likely N-dealkylation sites (N-methyl/N-ethyl adjacent to an activating group) is 1. The van der Waals surface area contributed by atoms with Gasteiger partial charge in [0.2, 0.25) is 0 Å². The number of likely N-dealkylation sites (tertiary alicyclic amines) is 1. The van der Waals surface area contributed by atoms with Gasteiger partial charge in [-0.3, -0.25) is 14.4 Å². The molecule has 1 aromatic heterocycles. The van der Waals surface area contributed by atoms with E-state index in [2.05, 4.69) is 17.0 Å². The number of aromatic nitrogens is 2. The average Bonchev–Trinajstić information content (AvgIpc) is 2.67. The molecule has 1 saturated heterocycles. The van der Waals surface area contributed by atoms with Gasteiger partial charge < -0.3 is 4.90 Å². The van der Waals surface area contributed by atoms with Crippen LogP contribution in [-0.2, 0) is 13.1 Å². The molecule has 19 heavy (non-hydrogen) atoms. The fourth-order valence-electron chi connectivity index (χ4n) is 2.44.